The normalized spacial score (nSPS) is 10.8. The summed E-state index contributed by atoms with van der Waals surface area (Å²) >= 11 is 14.5. The van der Waals surface area contributed by atoms with Gasteiger partial charge in [-0.15, -0.1) is 11.3 Å². The summed E-state index contributed by atoms with van der Waals surface area (Å²) in [4.78, 5) is 29.8. The lowest BCUT2D eigenvalue weighted by Gasteiger charge is -2.11. The number of ether oxygens (including phenoxy) is 1. The number of nitrogens with zero attached hydrogens (tertiary/aromatic N) is 2. The first-order chi connectivity index (χ1) is 13.9. The van der Waals surface area contributed by atoms with Crippen LogP contribution in [-0.2, 0) is 11.3 Å². The fourth-order valence-electron chi connectivity index (χ4n) is 2.66. The van der Waals surface area contributed by atoms with Gasteiger partial charge >= 0.3 is 5.97 Å². The van der Waals surface area contributed by atoms with Crippen molar-refractivity contribution in [1.82, 2.24) is 9.55 Å². The first-order valence-electron chi connectivity index (χ1n) is 8.56. The van der Waals surface area contributed by atoms with Gasteiger partial charge in [-0.25, -0.2) is 9.78 Å². The third kappa shape index (κ3) is 4.95. The summed E-state index contributed by atoms with van der Waals surface area (Å²) in [5.41, 5.74) is 1.38. The summed E-state index contributed by atoms with van der Waals surface area (Å²) in [6.45, 7) is 2.32. The monoisotopic (exact) mass is 469 g/mol. The molecule has 10 heteroatoms. The number of carbonyl (C=O) groups is 2. The fraction of sp³-hybridized carbons (Fsp3) is 0.211. The summed E-state index contributed by atoms with van der Waals surface area (Å²) in [5, 5.41) is 3.25. The fourth-order valence-corrected chi connectivity index (χ4v) is 4.68. The van der Waals surface area contributed by atoms with Crippen molar-refractivity contribution in [3.63, 3.8) is 0 Å². The van der Waals surface area contributed by atoms with E-state index in [1.54, 1.807) is 11.5 Å². The summed E-state index contributed by atoms with van der Waals surface area (Å²) in [6, 6.07) is 11.1. The number of esters is 1. The smallest absolute Gasteiger partial charge is 0.358 e. The van der Waals surface area contributed by atoms with Gasteiger partial charge in [-0.2, -0.15) is 0 Å². The highest BCUT2D eigenvalue weighted by molar-refractivity contribution is 7.98. The van der Waals surface area contributed by atoms with Gasteiger partial charge < -0.3 is 14.6 Å². The Morgan fingerprint density at radius 3 is 2.59 bits per heavy atom. The number of nitrogens with one attached hydrogen (secondary N) is 1. The lowest BCUT2D eigenvalue weighted by molar-refractivity contribution is 0.0514. The molecule has 1 amide bonds. The van der Waals surface area contributed by atoms with Crippen LogP contribution >= 0.6 is 46.3 Å². The highest BCUT2D eigenvalue weighted by atomic mass is 35.5. The van der Waals surface area contributed by atoms with E-state index in [0.29, 0.717) is 16.0 Å². The van der Waals surface area contributed by atoms with Gasteiger partial charge in [0.25, 0.3) is 5.91 Å². The zero-order chi connectivity index (χ0) is 21.0. The number of hydrogen-bond donors (Lipinski definition) is 1. The van der Waals surface area contributed by atoms with Crippen molar-refractivity contribution in [3.8, 4) is 0 Å². The Labute approximate surface area is 186 Å². The summed E-state index contributed by atoms with van der Waals surface area (Å²) in [7, 11) is 0. The molecule has 2 aromatic heterocycles. The molecule has 0 fully saturated rings. The van der Waals surface area contributed by atoms with Gasteiger partial charge in [-0.3, -0.25) is 4.79 Å². The second-order valence-corrected chi connectivity index (χ2v) is 8.84. The van der Waals surface area contributed by atoms with Crippen LogP contribution in [0.25, 0.3) is 0 Å². The molecule has 6 nitrogen and oxygen atoms in total. The number of anilines is 1. The maximum Gasteiger partial charge on any atom is 0.358 e. The molecular weight excluding hydrogens is 453 g/mol. The van der Waals surface area contributed by atoms with Gasteiger partial charge in [-0.1, -0.05) is 65.3 Å². The van der Waals surface area contributed by atoms with Crippen LogP contribution in [0, 0.1) is 0 Å². The molecule has 0 unspecified atom stereocenters. The number of benzene rings is 1. The number of hydrogen-bond acceptors (Lipinski definition) is 6. The van der Waals surface area contributed by atoms with E-state index in [1.165, 1.54) is 17.8 Å². The van der Waals surface area contributed by atoms with Crippen LogP contribution in [-0.4, -0.2) is 34.3 Å². The Hall–Kier alpha value is -2.00. The average Bonchev–Trinajstić information content (AvgIpc) is 3.21. The zero-order valence-corrected chi connectivity index (χ0v) is 18.7. The van der Waals surface area contributed by atoms with Crippen molar-refractivity contribution in [3.05, 3.63) is 61.9 Å². The molecule has 0 radical (unpaired) electrons. The highest BCUT2D eigenvalue weighted by Crippen LogP contribution is 2.32. The van der Waals surface area contributed by atoms with Crippen LogP contribution < -0.4 is 5.32 Å². The standard InChI is InChI=1S/C19H17Cl2N3O3S2/c1-3-27-18(26)14-16(22-17(25)12-9-13(20)29-15(12)21)23-19(28-2)24(14)10-11-7-5-4-6-8-11/h4-9H,3,10H2,1-2H3,(H,22,25). The van der Waals surface area contributed by atoms with E-state index in [4.69, 9.17) is 27.9 Å². The Morgan fingerprint density at radius 2 is 2.00 bits per heavy atom. The first kappa shape index (κ1) is 21.7. The molecule has 0 aliphatic rings. The van der Waals surface area contributed by atoms with E-state index >= 15 is 0 Å². The molecule has 3 aromatic rings. The number of halogens is 2. The largest absolute Gasteiger partial charge is 0.461 e. The summed E-state index contributed by atoms with van der Waals surface area (Å²) < 4.78 is 7.60. The predicted molar refractivity (Wildman–Crippen MR) is 118 cm³/mol. The van der Waals surface area contributed by atoms with E-state index in [9.17, 15) is 9.59 Å². The van der Waals surface area contributed by atoms with E-state index < -0.39 is 11.9 Å². The molecule has 29 heavy (non-hydrogen) atoms. The van der Waals surface area contributed by atoms with E-state index in [1.807, 2.05) is 36.6 Å². The minimum atomic E-state index is -0.569. The van der Waals surface area contributed by atoms with Crippen LogP contribution in [0.5, 0.6) is 0 Å². The molecule has 2 heterocycles. The van der Waals surface area contributed by atoms with Gasteiger partial charge in [0.2, 0.25) is 0 Å². The van der Waals surface area contributed by atoms with Gasteiger partial charge in [0.05, 0.1) is 23.1 Å². The molecule has 0 saturated heterocycles. The topological polar surface area (TPSA) is 73.2 Å². The highest BCUT2D eigenvalue weighted by Gasteiger charge is 2.26. The molecule has 1 aromatic carbocycles. The first-order valence-corrected chi connectivity index (χ1v) is 11.4. The third-order valence-corrected chi connectivity index (χ3v) is 6.07. The second kappa shape index (κ2) is 9.67. The predicted octanol–water partition coefficient (Wildman–Crippen LogP) is 5.45. The number of thiophene rings is 1. The minimum Gasteiger partial charge on any atom is -0.461 e. The molecule has 0 bridgehead atoms. The van der Waals surface area contributed by atoms with Crippen molar-refractivity contribution < 1.29 is 14.3 Å². The minimum absolute atomic E-state index is 0.118. The number of thioether (sulfide) groups is 1. The van der Waals surface area contributed by atoms with Crippen LogP contribution in [0.1, 0.15) is 33.3 Å². The lowest BCUT2D eigenvalue weighted by Crippen LogP contribution is -2.18. The van der Waals surface area contributed by atoms with E-state index in [2.05, 4.69) is 10.3 Å². The molecule has 0 aliphatic carbocycles. The van der Waals surface area contributed by atoms with Crippen molar-refractivity contribution in [2.24, 2.45) is 0 Å². The van der Waals surface area contributed by atoms with Crippen molar-refractivity contribution in [2.75, 3.05) is 18.2 Å². The lowest BCUT2D eigenvalue weighted by atomic mass is 10.2. The number of aromatic nitrogens is 2. The Morgan fingerprint density at radius 1 is 1.28 bits per heavy atom. The zero-order valence-electron chi connectivity index (χ0n) is 15.6. The average molecular weight is 470 g/mol. The molecule has 0 atom stereocenters. The van der Waals surface area contributed by atoms with Crippen LogP contribution in [0.4, 0.5) is 5.82 Å². The van der Waals surface area contributed by atoms with Gasteiger partial charge in [0.1, 0.15) is 4.34 Å². The number of rotatable bonds is 7. The quantitative estimate of drug-likeness (QED) is 0.367. The Balaban J connectivity index is 2.02. The molecule has 1 N–H and O–H groups in total. The van der Waals surface area contributed by atoms with Gasteiger partial charge in [0.15, 0.2) is 16.7 Å². The molecular formula is C19H17Cl2N3O3S2. The SMILES string of the molecule is CCOC(=O)c1c(NC(=O)c2cc(Cl)sc2Cl)nc(SC)n1Cc1ccccc1. The van der Waals surface area contributed by atoms with Crippen molar-refractivity contribution in [1.29, 1.82) is 0 Å². The Bertz CT molecular complexity index is 1040. The maximum atomic E-state index is 12.7. The molecule has 0 spiro atoms. The van der Waals surface area contributed by atoms with Crippen molar-refractivity contribution >= 4 is 64.0 Å². The number of amides is 1. The number of imidazole rings is 1. The van der Waals surface area contributed by atoms with Crippen molar-refractivity contribution in [2.45, 2.75) is 18.6 Å². The molecule has 0 saturated carbocycles. The molecule has 152 valence electrons. The Kier molecular flexibility index (Phi) is 7.23. The molecule has 0 aliphatic heterocycles. The summed E-state index contributed by atoms with van der Waals surface area (Å²) in [5.74, 6) is -0.950. The van der Waals surface area contributed by atoms with Gasteiger partial charge in [0, 0.05) is 0 Å². The van der Waals surface area contributed by atoms with Gasteiger partial charge in [-0.05, 0) is 24.8 Å². The summed E-state index contributed by atoms with van der Waals surface area (Å²) in [6.07, 6.45) is 1.85. The third-order valence-electron chi connectivity index (χ3n) is 3.90. The number of carbonyl (C=O) groups excluding carboxylic acids is 2. The van der Waals surface area contributed by atoms with Crippen LogP contribution in [0.2, 0.25) is 8.67 Å². The second-order valence-electron chi connectivity index (χ2n) is 5.78. The maximum absolute atomic E-state index is 12.7. The van der Waals surface area contributed by atoms with E-state index in [0.717, 1.165) is 16.9 Å². The molecule has 3 rings (SSSR count). The van der Waals surface area contributed by atoms with Crippen LogP contribution in [0.3, 0.4) is 0 Å². The van der Waals surface area contributed by atoms with E-state index in [-0.39, 0.29) is 28.0 Å². The van der Waals surface area contributed by atoms with Crippen LogP contribution in [0.15, 0.2) is 41.6 Å².